The van der Waals surface area contributed by atoms with Crippen LogP contribution in [0, 0.1) is 0 Å². The van der Waals surface area contributed by atoms with E-state index in [9.17, 15) is 0 Å². The Kier molecular flexibility index (Phi) is 9.10. The number of thioether (sulfide) groups is 2. The van der Waals surface area contributed by atoms with Gasteiger partial charge in [0.05, 0.1) is 0 Å². The van der Waals surface area contributed by atoms with E-state index in [1.54, 1.807) is 23.5 Å². The van der Waals surface area contributed by atoms with Gasteiger partial charge in [-0.25, -0.2) is 0 Å². The van der Waals surface area contributed by atoms with Gasteiger partial charge in [0.15, 0.2) is 0 Å². The normalized spacial score (nSPS) is 13.7. The second-order valence-electron chi connectivity index (χ2n) is 1.79. The van der Waals surface area contributed by atoms with E-state index in [2.05, 4.69) is 38.5 Å². The molecular weight excluding hydrogens is 224 g/mol. The molecular formula is C8H14S4. The standard InChI is InChI=1S/C8H14S4/c1-5-7(9-3)11-12-8(6-2)10-4/h5-6H,1-4H3. The first kappa shape index (κ1) is 12.9. The zero-order valence-electron chi connectivity index (χ0n) is 7.79. The predicted molar refractivity (Wildman–Crippen MR) is 69.7 cm³/mol. The molecule has 0 aromatic carbocycles. The molecule has 0 aliphatic carbocycles. The minimum atomic E-state index is 1.37. The molecule has 0 aliphatic rings. The molecule has 0 aromatic heterocycles. The third kappa shape index (κ3) is 5.51. The van der Waals surface area contributed by atoms with Gasteiger partial charge in [-0.3, -0.25) is 0 Å². The highest BCUT2D eigenvalue weighted by atomic mass is 33.1. The number of hydrogen-bond acceptors (Lipinski definition) is 4. The molecule has 0 bridgehead atoms. The molecule has 0 spiro atoms. The fourth-order valence-corrected chi connectivity index (χ4v) is 4.76. The summed E-state index contributed by atoms with van der Waals surface area (Å²) in [5.41, 5.74) is 0. The van der Waals surface area contributed by atoms with Crippen molar-refractivity contribution >= 4 is 45.1 Å². The Labute approximate surface area is 91.8 Å². The molecule has 0 saturated carbocycles. The monoisotopic (exact) mass is 238 g/mol. The first-order chi connectivity index (χ1) is 5.78. The van der Waals surface area contributed by atoms with Crippen LogP contribution in [0.25, 0.3) is 0 Å². The van der Waals surface area contributed by atoms with Crippen molar-refractivity contribution in [1.29, 1.82) is 0 Å². The maximum absolute atomic E-state index is 2.15. The quantitative estimate of drug-likeness (QED) is 0.630. The minimum Gasteiger partial charge on any atom is -0.122 e. The maximum atomic E-state index is 2.15. The van der Waals surface area contributed by atoms with Crippen LogP contribution in [0.15, 0.2) is 20.6 Å². The molecule has 0 amide bonds. The van der Waals surface area contributed by atoms with Crippen LogP contribution in [0.3, 0.4) is 0 Å². The summed E-state index contributed by atoms with van der Waals surface area (Å²) in [5, 5.41) is 0. The zero-order chi connectivity index (χ0) is 9.40. The Morgan fingerprint density at radius 3 is 1.33 bits per heavy atom. The predicted octanol–water partition coefficient (Wildman–Crippen LogP) is 4.82. The molecule has 0 aromatic rings. The molecule has 0 heterocycles. The summed E-state index contributed by atoms with van der Waals surface area (Å²) in [7, 11) is 3.66. The molecule has 0 unspecified atom stereocenters. The van der Waals surface area contributed by atoms with E-state index in [0.717, 1.165) is 0 Å². The van der Waals surface area contributed by atoms with E-state index in [4.69, 9.17) is 0 Å². The van der Waals surface area contributed by atoms with Crippen LogP contribution in [0.4, 0.5) is 0 Å². The molecule has 4 heteroatoms. The summed E-state index contributed by atoms with van der Waals surface area (Å²) in [4.78, 5) is 0. The topological polar surface area (TPSA) is 0 Å². The van der Waals surface area contributed by atoms with Gasteiger partial charge >= 0.3 is 0 Å². The van der Waals surface area contributed by atoms with Crippen molar-refractivity contribution in [2.75, 3.05) is 12.5 Å². The van der Waals surface area contributed by atoms with E-state index >= 15 is 0 Å². The van der Waals surface area contributed by atoms with Crippen LogP contribution >= 0.6 is 45.1 Å². The summed E-state index contributed by atoms with van der Waals surface area (Å²) < 4.78 is 2.74. The average molecular weight is 238 g/mol. The number of hydrogen-bond donors (Lipinski definition) is 0. The molecule has 0 rings (SSSR count). The molecule has 0 fully saturated rings. The van der Waals surface area contributed by atoms with Crippen molar-refractivity contribution in [3.05, 3.63) is 20.6 Å². The molecule has 0 radical (unpaired) electrons. The smallest absolute Gasteiger partial charge is 0.0468 e. The van der Waals surface area contributed by atoms with Crippen LogP contribution in [-0.4, -0.2) is 12.5 Å². The van der Waals surface area contributed by atoms with Gasteiger partial charge in [-0.15, -0.1) is 23.5 Å². The molecule has 0 saturated heterocycles. The van der Waals surface area contributed by atoms with Gasteiger partial charge in [0.1, 0.15) is 0 Å². The van der Waals surface area contributed by atoms with Gasteiger partial charge in [0.25, 0.3) is 0 Å². The summed E-state index contributed by atoms with van der Waals surface area (Å²) >= 11 is 3.60. The van der Waals surface area contributed by atoms with E-state index in [0.29, 0.717) is 0 Å². The van der Waals surface area contributed by atoms with Gasteiger partial charge in [-0.05, 0) is 47.9 Å². The largest absolute Gasteiger partial charge is 0.122 e. The third-order valence-corrected chi connectivity index (χ3v) is 6.70. The average Bonchev–Trinajstić information content (AvgIpc) is 2.13. The highest BCUT2D eigenvalue weighted by Gasteiger charge is 1.98. The van der Waals surface area contributed by atoms with E-state index in [-0.39, 0.29) is 0 Å². The SMILES string of the molecule is CC=C(SC)SSC(=CC)SC. The van der Waals surface area contributed by atoms with Crippen molar-refractivity contribution in [2.24, 2.45) is 0 Å². The van der Waals surface area contributed by atoms with E-state index in [1.165, 1.54) is 8.47 Å². The van der Waals surface area contributed by atoms with Crippen molar-refractivity contribution in [3.63, 3.8) is 0 Å². The second kappa shape index (κ2) is 8.48. The first-order valence-corrected chi connectivity index (χ1v) is 8.13. The van der Waals surface area contributed by atoms with Crippen molar-refractivity contribution in [2.45, 2.75) is 13.8 Å². The van der Waals surface area contributed by atoms with Crippen LogP contribution in [0.1, 0.15) is 13.8 Å². The summed E-state index contributed by atoms with van der Waals surface area (Å²) in [6.45, 7) is 4.15. The van der Waals surface area contributed by atoms with Crippen molar-refractivity contribution < 1.29 is 0 Å². The Bertz CT molecular complexity index is 152. The van der Waals surface area contributed by atoms with Crippen molar-refractivity contribution in [1.82, 2.24) is 0 Å². The molecule has 0 N–H and O–H groups in total. The fourth-order valence-electron chi connectivity index (χ4n) is 0.482. The molecule has 0 atom stereocenters. The highest BCUT2D eigenvalue weighted by Crippen LogP contribution is 2.43. The van der Waals surface area contributed by atoms with Gasteiger partial charge in [-0.2, -0.15) is 0 Å². The number of rotatable bonds is 5. The van der Waals surface area contributed by atoms with Crippen LogP contribution in [-0.2, 0) is 0 Å². The molecule has 12 heavy (non-hydrogen) atoms. The zero-order valence-corrected chi connectivity index (χ0v) is 11.1. The Morgan fingerprint density at radius 2 is 1.17 bits per heavy atom. The molecule has 70 valence electrons. The van der Waals surface area contributed by atoms with Crippen LogP contribution in [0.5, 0.6) is 0 Å². The van der Waals surface area contributed by atoms with E-state index < -0.39 is 0 Å². The summed E-state index contributed by atoms with van der Waals surface area (Å²) in [6.07, 6.45) is 8.51. The summed E-state index contributed by atoms with van der Waals surface area (Å²) in [5.74, 6) is 0. The Hall–Kier alpha value is 0.880. The third-order valence-electron chi connectivity index (χ3n) is 1.08. The lowest BCUT2D eigenvalue weighted by molar-refractivity contribution is 1.77. The van der Waals surface area contributed by atoms with Crippen LogP contribution < -0.4 is 0 Å². The minimum absolute atomic E-state index is 1.37. The first-order valence-electron chi connectivity index (χ1n) is 3.53. The van der Waals surface area contributed by atoms with Crippen molar-refractivity contribution in [3.8, 4) is 0 Å². The van der Waals surface area contributed by atoms with Gasteiger partial charge in [-0.1, -0.05) is 12.2 Å². The second-order valence-corrected chi connectivity index (χ2v) is 6.22. The molecule has 0 nitrogen and oxygen atoms in total. The number of allylic oxidation sites excluding steroid dienone is 2. The molecule has 0 aliphatic heterocycles. The Morgan fingerprint density at radius 1 is 0.833 bits per heavy atom. The van der Waals surface area contributed by atoms with Gasteiger partial charge in [0.2, 0.25) is 0 Å². The van der Waals surface area contributed by atoms with Gasteiger partial charge in [0, 0.05) is 8.47 Å². The van der Waals surface area contributed by atoms with Gasteiger partial charge < -0.3 is 0 Å². The Balaban J connectivity index is 3.81. The lowest BCUT2D eigenvalue weighted by Gasteiger charge is -2.03. The van der Waals surface area contributed by atoms with E-state index in [1.807, 2.05) is 21.6 Å². The fraction of sp³-hybridized carbons (Fsp3) is 0.500. The highest BCUT2D eigenvalue weighted by molar-refractivity contribution is 8.83. The van der Waals surface area contributed by atoms with Crippen LogP contribution in [0.2, 0.25) is 0 Å². The lowest BCUT2D eigenvalue weighted by atomic mass is 10.8. The maximum Gasteiger partial charge on any atom is 0.0468 e. The summed E-state index contributed by atoms with van der Waals surface area (Å²) in [6, 6.07) is 0. The lowest BCUT2D eigenvalue weighted by Crippen LogP contribution is -1.64.